The van der Waals surface area contributed by atoms with Crippen LogP contribution in [0.15, 0.2) is 24.3 Å². The highest BCUT2D eigenvalue weighted by molar-refractivity contribution is 5.80. The van der Waals surface area contributed by atoms with Crippen molar-refractivity contribution in [1.29, 1.82) is 0 Å². The SMILES string of the molecule is COc1ccccc1CC(=O)N1CCC(NC(=O)C2CCC(N)C2)CC1. The normalized spacial score (nSPS) is 23.7. The summed E-state index contributed by atoms with van der Waals surface area (Å²) in [6.45, 7) is 1.37. The summed E-state index contributed by atoms with van der Waals surface area (Å²) in [5, 5.41) is 3.16. The average molecular weight is 359 g/mol. The summed E-state index contributed by atoms with van der Waals surface area (Å²) in [5.74, 6) is 1.06. The molecule has 3 rings (SSSR count). The molecule has 2 fully saturated rings. The van der Waals surface area contributed by atoms with Gasteiger partial charge in [0.25, 0.3) is 0 Å². The third-order valence-corrected chi connectivity index (χ3v) is 5.57. The van der Waals surface area contributed by atoms with Crippen LogP contribution in [0.2, 0.25) is 0 Å². The van der Waals surface area contributed by atoms with Crippen LogP contribution in [-0.4, -0.2) is 49.0 Å². The van der Waals surface area contributed by atoms with Gasteiger partial charge in [-0.15, -0.1) is 0 Å². The molecule has 1 aromatic carbocycles. The first kappa shape index (κ1) is 18.7. The van der Waals surface area contributed by atoms with E-state index in [-0.39, 0.29) is 29.8 Å². The molecule has 6 heteroatoms. The Morgan fingerprint density at radius 1 is 1.19 bits per heavy atom. The number of amides is 2. The van der Waals surface area contributed by atoms with Gasteiger partial charge in [0.2, 0.25) is 11.8 Å². The van der Waals surface area contributed by atoms with Crippen LogP contribution in [0.5, 0.6) is 5.75 Å². The largest absolute Gasteiger partial charge is 0.496 e. The molecule has 1 aromatic rings. The zero-order valence-corrected chi connectivity index (χ0v) is 15.4. The summed E-state index contributed by atoms with van der Waals surface area (Å²) in [7, 11) is 1.62. The van der Waals surface area contributed by atoms with Crippen LogP contribution < -0.4 is 15.8 Å². The molecule has 1 aliphatic carbocycles. The zero-order valence-electron chi connectivity index (χ0n) is 15.4. The highest BCUT2D eigenvalue weighted by Crippen LogP contribution is 2.25. The Bertz CT molecular complexity index is 641. The monoisotopic (exact) mass is 359 g/mol. The smallest absolute Gasteiger partial charge is 0.227 e. The first-order valence-electron chi connectivity index (χ1n) is 9.52. The van der Waals surface area contributed by atoms with Gasteiger partial charge < -0.3 is 20.7 Å². The lowest BCUT2D eigenvalue weighted by Gasteiger charge is -2.33. The van der Waals surface area contributed by atoms with Gasteiger partial charge in [0.05, 0.1) is 13.5 Å². The van der Waals surface area contributed by atoms with Crippen molar-refractivity contribution in [3.8, 4) is 5.75 Å². The summed E-state index contributed by atoms with van der Waals surface area (Å²) in [6.07, 6.45) is 4.59. The van der Waals surface area contributed by atoms with Gasteiger partial charge >= 0.3 is 0 Å². The number of piperidine rings is 1. The number of nitrogens with two attached hydrogens (primary N) is 1. The molecule has 2 amide bonds. The van der Waals surface area contributed by atoms with Crippen LogP contribution in [0.3, 0.4) is 0 Å². The Kier molecular flexibility index (Phi) is 6.14. The summed E-state index contributed by atoms with van der Waals surface area (Å²) < 4.78 is 5.32. The molecule has 0 bridgehead atoms. The second kappa shape index (κ2) is 8.54. The molecule has 1 heterocycles. The lowest BCUT2D eigenvalue weighted by molar-refractivity contribution is -0.131. The number of likely N-dealkylation sites (tertiary alicyclic amines) is 1. The minimum Gasteiger partial charge on any atom is -0.496 e. The van der Waals surface area contributed by atoms with Gasteiger partial charge in [-0.25, -0.2) is 0 Å². The highest BCUT2D eigenvalue weighted by atomic mass is 16.5. The van der Waals surface area contributed by atoms with E-state index in [1.807, 2.05) is 29.2 Å². The summed E-state index contributed by atoms with van der Waals surface area (Å²) >= 11 is 0. The van der Waals surface area contributed by atoms with E-state index in [1.165, 1.54) is 0 Å². The van der Waals surface area contributed by atoms with Crippen LogP contribution in [0, 0.1) is 5.92 Å². The van der Waals surface area contributed by atoms with E-state index in [9.17, 15) is 9.59 Å². The van der Waals surface area contributed by atoms with Crippen molar-refractivity contribution in [1.82, 2.24) is 10.2 Å². The lowest BCUT2D eigenvalue weighted by atomic mass is 10.0. The van der Waals surface area contributed by atoms with Crippen molar-refractivity contribution in [2.75, 3.05) is 20.2 Å². The molecule has 1 saturated carbocycles. The lowest BCUT2D eigenvalue weighted by Crippen LogP contribution is -2.48. The maximum absolute atomic E-state index is 12.6. The predicted molar refractivity (Wildman–Crippen MR) is 99.8 cm³/mol. The molecule has 26 heavy (non-hydrogen) atoms. The number of ether oxygens (including phenoxy) is 1. The van der Waals surface area contributed by atoms with E-state index in [4.69, 9.17) is 10.5 Å². The third-order valence-electron chi connectivity index (χ3n) is 5.57. The number of hydrogen-bond acceptors (Lipinski definition) is 4. The number of rotatable bonds is 5. The summed E-state index contributed by atoms with van der Waals surface area (Å²) in [6, 6.07) is 7.95. The van der Waals surface area contributed by atoms with Gasteiger partial charge in [-0.05, 0) is 38.2 Å². The Balaban J connectivity index is 1.46. The molecule has 2 aliphatic rings. The zero-order chi connectivity index (χ0) is 18.5. The van der Waals surface area contributed by atoms with Crippen molar-refractivity contribution < 1.29 is 14.3 Å². The molecule has 2 unspecified atom stereocenters. The number of benzene rings is 1. The second-order valence-electron chi connectivity index (χ2n) is 7.42. The predicted octanol–water partition coefficient (Wildman–Crippen LogP) is 1.47. The van der Waals surface area contributed by atoms with Gasteiger partial charge in [0.1, 0.15) is 5.75 Å². The topological polar surface area (TPSA) is 84.7 Å². The molecule has 1 aliphatic heterocycles. The van der Waals surface area contributed by atoms with Gasteiger partial charge in [-0.2, -0.15) is 0 Å². The maximum Gasteiger partial charge on any atom is 0.227 e. The quantitative estimate of drug-likeness (QED) is 0.834. The van der Waals surface area contributed by atoms with E-state index in [0.29, 0.717) is 19.5 Å². The first-order valence-corrected chi connectivity index (χ1v) is 9.52. The van der Waals surface area contributed by atoms with Gasteiger partial charge in [0, 0.05) is 36.7 Å². The molecule has 0 radical (unpaired) electrons. The maximum atomic E-state index is 12.6. The van der Waals surface area contributed by atoms with Crippen molar-refractivity contribution in [2.24, 2.45) is 11.7 Å². The molecule has 0 aromatic heterocycles. The van der Waals surface area contributed by atoms with Crippen molar-refractivity contribution in [3.05, 3.63) is 29.8 Å². The van der Waals surface area contributed by atoms with Gasteiger partial charge in [0.15, 0.2) is 0 Å². The summed E-state index contributed by atoms with van der Waals surface area (Å²) in [4.78, 5) is 26.8. The van der Waals surface area contributed by atoms with E-state index in [2.05, 4.69) is 5.32 Å². The Hall–Kier alpha value is -2.08. The molecular weight excluding hydrogens is 330 g/mol. The van der Waals surface area contributed by atoms with Crippen molar-refractivity contribution in [2.45, 2.75) is 50.6 Å². The third kappa shape index (κ3) is 4.55. The first-order chi connectivity index (χ1) is 12.6. The van der Waals surface area contributed by atoms with Crippen molar-refractivity contribution in [3.63, 3.8) is 0 Å². The van der Waals surface area contributed by atoms with Crippen LogP contribution in [-0.2, 0) is 16.0 Å². The molecule has 142 valence electrons. The Morgan fingerprint density at radius 2 is 1.92 bits per heavy atom. The van der Waals surface area contributed by atoms with E-state index in [0.717, 1.165) is 43.4 Å². The standard InChI is InChI=1S/C20H29N3O3/c1-26-18-5-3-2-4-14(18)13-19(24)23-10-8-17(9-11-23)22-20(25)15-6-7-16(21)12-15/h2-5,15-17H,6-13,21H2,1H3,(H,22,25). The molecule has 0 spiro atoms. The molecular formula is C20H29N3O3. The number of hydrogen-bond donors (Lipinski definition) is 2. The van der Waals surface area contributed by atoms with Gasteiger partial charge in [-0.3, -0.25) is 9.59 Å². The second-order valence-corrected chi connectivity index (χ2v) is 7.42. The fourth-order valence-corrected chi connectivity index (χ4v) is 3.97. The van der Waals surface area contributed by atoms with Crippen LogP contribution in [0.25, 0.3) is 0 Å². The highest BCUT2D eigenvalue weighted by Gasteiger charge is 2.30. The average Bonchev–Trinajstić information content (AvgIpc) is 3.09. The van der Waals surface area contributed by atoms with Crippen LogP contribution in [0.1, 0.15) is 37.7 Å². The fourth-order valence-electron chi connectivity index (χ4n) is 3.97. The minimum atomic E-state index is 0.0650. The number of nitrogens with one attached hydrogen (secondary N) is 1. The Morgan fingerprint density at radius 3 is 2.58 bits per heavy atom. The summed E-state index contributed by atoms with van der Waals surface area (Å²) in [5.41, 5.74) is 6.81. The Labute approximate surface area is 155 Å². The van der Waals surface area contributed by atoms with E-state index >= 15 is 0 Å². The molecule has 1 saturated heterocycles. The number of methoxy groups -OCH3 is 1. The number of nitrogens with zero attached hydrogens (tertiary/aromatic N) is 1. The molecule has 3 N–H and O–H groups in total. The number of para-hydroxylation sites is 1. The van der Waals surface area contributed by atoms with Crippen LogP contribution >= 0.6 is 0 Å². The van der Waals surface area contributed by atoms with E-state index in [1.54, 1.807) is 7.11 Å². The minimum absolute atomic E-state index is 0.0650. The van der Waals surface area contributed by atoms with E-state index < -0.39 is 0 Å². The van der Waals surface area contributed by atoms with Gasteiger partial charge in [-0.1, -0.05) is 18.2 Å². The molecule has 6 nitrogen and oxygen atoms in total. The van der Waals surface area contributed by atoms with Crippen molar-refractivity contribution >= 4 is 11.8 Å². The number of carbonyl (C=O) groups is 2. The fraction of sp³-hybridized carbons (Fsp3) is 0.600. The molecule has 2 atom stereocenters. The van der Waals surface area contributed by atoms with Crippen LogP contribution in [0.4, 0.5) is 0 Å². The number of carbonyl (C=O) groups excluding carboxylic acids is 2.